The monoisotopic (exact) mass is 168 g/mol. The summed E-state index contributed by atoms with van der Waals surface area (Å²) in [5.41, 5.74) is 0. The van der Waals surface area contributed by atoms with E-state index in [1.54, 1.807) is 0 Å². The molecule has 0 heterocycles. The summed E-state index contributed by atoms with van der Waals surface area (Å²) in [6.45, 7) is 11.0. The Balaban J connectivity index is 3.89. The maximum atomic E-state index is 6.31. The first-order valence-electron chi connectivity index (χ1n) is 3.39. The number of hydrogen-bond donors (Lipinski definition) is 0. The van der Waals surface area contributed by atoms with Gasteiger partial charge in [-0.2, -0.15) is 0 Å². The quantitative estimate of drug-likeness (QED) is 0.556. The molecular weight excluding hydrogens is 151 g/mol. The van der Waals surface area contributed by atoms with Crippen molar-refractivity contribution in [3.8, 4) is 0 Å². The second-order valence-electron chi connectivity index (χ2n) is 4.49. The van der Waals surface area contributed by atoms with E-state index in [9.17, 15) is 0 Å². The molecule has 0 fully saturated rings. The zero-order valence-corrected chi connectivity index (χ0v) is 8.76. The topological polar surface area (TPSA) is 0 Å². The molecule has 0 aliphatic carbocycles. The van der Waals surface area contributed by atoms with E-state index in [-0.39, 0.29) is 0 Å². The molecule has 0 saturated carbocycles. The van der Waals surface area contributed by atoms with Crippen molar-refractivity contribution >= 4 is 17.2 Å². The Kier molecular flexibility index (Phi) is 2.59. The van der Waals surface area contributed by atoms with Crippen LogP contribution in [0, 0.1) is 5.92 Å². The zero-order valence-electron chi connectivity index (χ0n) is 7.11. The summed E-state index contributed by atoms with van der Waals surface area (Å²) < 4.78 is 0. The fourth-order valence-corrected chi connectivity index (χ4v) is 4.53. The summed E-state index contributed by atoms with van der Waals surface area (Å²) in [6.07, 6.45) is 1.19. The minimum absolute atomic E-state index is 0.736. The second kappa shape index (κ2) is 2.40. The second-order valence-corrected chi connectivity index (χ2v) is 14.5. The summed E-state index contributed by atoms with van der Waals surface area (Å²) in [5, 5.41) is 0. The van der Waals surface area contributed by atoms with Crippen molar-refractivity contribution < 1.29 is 0 Å². The van der Waals surface area contributed by atoms with Crippen LogP contribution >= 0.6 is 17.2 Å². The van der Waals surface area contributed by atoms with Crippen LogP contribution in [0.25, 0.3) is 0 Å². The molecule has 0 spiro atoms. The van der Waals surface area contributed by atoms with E-state index in [4.69, 9.17) is 11.2 Å². The van der Waals surface area contributed by atoms with Crippen molar-refractivity contribution in [3.05, 3.63) is 0 Å². The van der Waals surface area contributed by atoms with Crippen LogP contribution in [-0.2, 0) is 0 Å². The van der Waals surface area contributed by atoms with Gasteiger partial charge < -0.3 is 0 Å². The average molecular weight is 169 g/mol. The van der Waals surface area contributed by atoms with Crippen LogP contribution in [0.1, 0.15) is 13.8 Å². The van der Waals surface area contributed by atoms with Crippen molar-refractivity contribution in [2.24, 2.45) is 5.92 Å². The summed E-state index contributed by atoms with van der Waals surface area (Å²) in [4.78, 5) is 0. The first kappa shape index (κ1) is 9.72. The molecule has 9 heavy (non-hydrogen) atoms. The Hall–Kier alpha value is 0.720. The first-order valence-corrected chi connectivity index (χ1v) is 8.06. The third-order valence-electron chi connectivity index (χ3n) is 0.982. The van der Waals surface area contributed by atoms with E-state index in [1.807, 2.05) is 0 Å². The summed E-state index contributed by atoms with van der Waals surface area (Å²) in [6, 6.07) is 0. The standard InChI is InChI=1S/C7H18ClP/c1-7(2)6-9(3,4,5)8/h7H,6H2,1-5H3. The fourth-order valence-electron chi connectivity index (χ4n) is 1.23. The van der Waals surface area contributed by atoms with E-state index in [1.165, 1.54) is 6.16 Å². The average Bonchev–Trinajstić information content (AvgIpc) is 1.16. The molecule has 0 aromatic heterocycles. The van der Waals surface area contributed by atoms with Gasteiger partial charge in [0.1, 0.15) is 0 Å². The van der Waals surface area contributed by atoms with Crippen LogP contribution in [0.3, 0.4) is 0 Å². The van der Waals surface area contributed by atoms with Crippen molar-refractivity contribution in [2.45, 2.75) is 13.8 Å². The molecule has 0 N–H and O–H groups in total. The van der Waals surface area contributed by atoms with Crippen LogP contribution in [0.15, 0.2) is 0 Å². The Bertz CT molecular complexity index is 90.0. The molecule has 2 heteroatoms. The van der Waals surface area contributed by atoms with Gasteiger partial charge in [-0.05, 0) is 0 Å². The Labute approximate surface area is 63.7 Å². The molecule has 0 aliphatic rings. The molecule has 0 nitrogen and oxygen atoms in total. The molecule has 0 saturated heterocycles. The van der Waals surface area contributed by atoms with Crippen LogP contribution in [-0.4, -0.2) is 26.2 Å². The Morgan fingerprint density at radius 3 is 1.56 bits per heavy atom. The molecule has 0 bridgehead atoms. The normalized spacial score (nSPS) is 17.4. The van der Waals surface area contributed by atoms with Crippen molar-refractivity contribution in [2.75, 3.05) is 26.2 Å². The van der Waals surface area contributed by atoms with Gasteiger partial charge in [-0.3, -0.25) is 0 Å². The summed E-state index contributed by atoms with van der Waals surface area (Å²) in [7, 11) is 0. The van der Waals surface area contributed by atoms with E-state index < -0.39 is 5.96 Å². The van der Waals surface area contributed by atoms with Gasteiger partial charge in [0.2, 0.25) is 0 Å². The van der Waals surface area contributed by atoms with E-state index in [0.717, 1.165) is 5.92 Å². The molecule has 0 aromatic rings. The third-order valence-corrected chi connectivity index (χ3v) is 3.36. The van der Waals surface area contributed by atoms with Crippen LogP contribution in [0.5, 0.6) is 0 Å². The van der Waals surface area contributed by atoms with E-state index in [0.29, 0.717) is 0 Å². The van der Waals surface area contributed by atoms with Gasteiger partial charge in [-0.15, -0.1) is 0 Å². The molecule has 0 rings (SSSR count). The minimum atomic E-state index is -1.70. The molecule has 58 valence electrons. The van der Waals surface area contributed by atoms with Crippen LogP contribution < -0.4 is 0 Å². The Morgan fingerprint density at radius 2 is 1.56 bits per heavy atom. The van der Waals surface area contributed by atoms with Crippen LogP contribution in [0.2, 0.25) is 0 Å². The predicted octanol–water partition coefficient (Wildman–Crippen LogP) is 3.24. The van der Waals surface area contributed by atoms with Gasteiger partial charge in [-0.25, -0.2) is 0 Å². The number of halogens is 1. The van der Waals surface area contributed by atoms with Crippen molar-refractivity contribution in [1.82, 2.24) is 0 Å². The molecule has 0 aromatic carbocycles. The van der Waals surface area contributed by atoms with Gasteiger partial charge >= 0.3 is 63.1 Å². The molecule has 0 aliphatic heterocycles. The van der Waals surface area contributed by atoms with Gasteiger partial charge in [0, 0.05) is 0 Å². The van der Waals surface area contributed by atoms with Crippen molar-refractivity contribution in [3.63, 3.8) is 0 Å². The van der Waals surface area contributed by atoms with Crippen LogP contribution in [0.4, 0.5) is 0 Å². The number of hydrogen-bond acceptors (Lipinski definition) is 0. The van der Waals surface area contributed by atoms with Gasteiger partial charge in [-0.1, -0.05) is 0 Å². The zero-order chi connectivity index (χ0) is 7.73. The van der Waals surface area contributed by atoms with E-state index in [2.05, 4.69) is 33.8 Å². The first-order chi connectivity index (χ1) is 3.67. The molecule has 0 radical (unpaired) electrons. The maximum absolute atomic E-state index is 6.31. The Morgan fingerprint density at radius 1 is 1.22 bits per heavy atom. The summed E-state index contributed by atoms with van der Waals surface area (Å²) in [5.74, 6) is -0.963. The molecule has 0 amide bonds. The van der Waals surface area contributed by atoms with Gasteiger partial charge in [0.25, 0.3) is 0 Å². The SMILES string of the molecule is CC(C)CP(C)(C)(C)Cl. The predicted molar refractivity (Wildman–Crippen MR) is 50.3 cm³/mol. The van der Waals surface area contributed by atoms with Gasteiger partial charge in [0.15, 0.2) is 0 Å². The van der Waals surface area contributed by atoms with Gasteiger partial charge in [0.05, 0.1) is 0 Å². The summed E-state index contributed by atoms with van der Waals surface area (Å²) >= 11 is 6.31. The third kappa shape index (κ3) is 8.72. The van der Waals surface area contributed by atoms with Crippen molar-refractivity contribution in [1.29, 1.82) is 0 Å². The molecule has 0 unspecified atom stereocenters. The molecular formula is C7H18ClP. The van der Waals surface area contributed by atoms with E-state index >= 15 is 0 Å². The fraction of sp³-hybridized carbons (Fsp3) is 1.00. The molecule has 0 atom stereocenters. The number of rotatable bonds is 2.